The summed E-state index contributed by atoms with van der Waals surface area (Å²) in [6.45, 7) is 10.6. The molecular weight excluding hydrogens is 470 g/mol. The molecule has 0 bridgehead atoms. The molecule has 180 valence electrons. The molecule has 2 N–H and O–H groups in total. The van der Waals surface area contributed by atoms with Crippen molar-refractivity contribution in [1.82, 2.24) is 20.1 Å². The minimum Gasteiger partial charge on any atom is -0.342 e. The lowest BCUT2D eigenvalue weighted by molar-refractivity contribution is -0.113. The fraction of sp³-hybridized carbons (Fsp3) is 0.360. The summed E-state index contributed by atoms with van der Waals surface area (Å²) in [7, 11) is 0. The van der Waals surface area contributed by atoms with Gasteiger partial charge < -0.3 is 15.2 Å². The number of carbonyl (C=O) groups is 2. The van der Waals surface area contributed by atoms with E-state index in [1.807, 2.05) is 57.4 Å². The van der Waals surface area contributed by atoms with Gasteiger partial charge >= 0.3 is 0 Å². The molecule has 0 radical (unpaired) electrons. The number of halogens is 1. The van der Waals surface area contributed by atoms with Crippen molar-refractivity contribution in [3.63, 3.8) is 0 Å². The molecule has 3 rings (SSSR count). The van der Waals surface area contributed by atoms with Gasteiger partial charge in [-0.05, 0) is 50.5 Å². The van der Waals surface area contributed by atoms with Crippen LogP contribution in [0.2, 0.25) is 5.02 Å². The van der Waals surface area contributed by atoms with Gasteiger partial charge in [0, 0.05) is 12.2 Å². The molecule has 2 amide bonds. The summed E-state index contributed by atoms with van der Waals surface area (Å²) in [5, 5.41) is 15.7. The van der Waals surface area contributed by atoms with Crippen molar-refractivity contribution in [3.8, 4) is 0 Å². The first-order valence-corrected chi connectivity index (χ1v) is 12.6. The summed E-state index contributed by atoms with van der Waals surface area (Å²) in [5.41, 5.74) is 3.38. The fourth-order valence-electron chi connectivity index (χ4n) is 3.60. The molecule has 0 unspecified atom stereocenters. The number of hydrogen-bond acceptors (Lipinski definition) is 5. The molecule has 0 spiro atoms. The molecule has 0 aliphatic carbocycles. The zero-order valence-corrected chi connectivity index (χ0v) is 21.6. The Balaban J connectivity index is 1.72. The highest BCUT2D eigenvalue weighted by Crippen LogP contribution is 2.26. The van der Waals surface area contributed by atoms with Crippen LogP contribution >= 0.6 is 23.4 Å². The molecule has 1 heterocycles. The van der Waals surface area contributed by atoms with Gasteiger partial charge in [-0.15, -0.1) is 10.2 Å². The van der Waals surface area contributed by atoms with Gasteiger partial charge in [-0.2, -0.15) is 0 Å². The number of aryl methyl sites for hydroxylation is 2. The Morgan fingerprint density at radius 2 is 1.85 bits per heavy atom. The van der Waals surface area contributed by atoms with Crippen molar-refractivity contribution in [1.29, 1.82) is 0 Å². The standard InChI is InChI=1S/C25H30ClN5O2S/c1-6-31-23(22(15(2)3)28-24(33)18-9-7-8-10-19(18)26)29-30-25(31)34-14-21(32)27-20-12-11-16(4)13-17(20)5/h7-13,15,22H,6,14H2,1-5H3,(H,27,32)(H,28,33)/t22-/m0/s1. The van der Waals surface area contributed by atoms with Crippen LogP contribution in [0, 0.1) is 19.8 Å². The van der Waals surface area contributed by atoms with E-state index in [1.165, 1.54) is 11.8 Å². The Morgan fingerprint density at radius 3 is 2.50 bits per heavy atom. The third-order valence-electron chi connectivity index (χ3n) is 5.40. The Morgan fingerprint density at radius 1 is 1.12 bits per heavy atom. The van der Waals surface area contributed by atoms with E-state index >= 15 is 0 Å². The van der Waals surface area contributed by atoms with E-state index < -0.39 is 0 Å². The van der Waals surface area contributed by atoms with E-state index in [9.17, 15) is 9.59 Å². The van der Waals surface area contributed by atoms with Gasteiger partial charge in [0.25, 0.3) is 5.91 Å². The lowest BCUT2D eigenvalue weighted by Crippen LogP contribution is -2.34. The predicted octanol–water partition coefficient (Wildman–Crippen LogP) is 5.43. The Kier molecular flexibility index (Phi) is 8.74. The number of carbonyl (C=O) groups excluding carboxylic acids is 2. The normalized spacial score (nSPS) is 12.0. The average Bonchev–Trinajstić information content (AvgIpc) is 3.20. The average molecular weight is 500 g/mol. The van der Waals surface area contributed by atoms with Gasteiger partial charge in [-0.3, -0.25) is 9.59 Å². The van der Waals surface area contributed by atoms with Crippen LogP contribution in [0.1, 0.15) is 54.1 Å². The van der Waals surface area contributed by atoms with Crippen LogP contribution in [0.5, 0.6) is 0 Å². The van der Waals surface area contributed by atoms with Gasteiger partial charge in [0.1, 0.15) is 0 Å². The van der Waals surface area contributed by atoms with E-state index in [-0.39, 0.29) is 29.5 Å². The van der Waals surface area contributed by atoms with Crippen molar-refractivity contribution in [2.24, 2.45) is 5.92 Å². The second kappa shape index (κ2) is 11.5. The summed E-state index contributed by atoms with van der Waals surface area (Å²) in [5.74, 6) is 0.527. The van der Waals surface area contributed by atoms with Crippen LogP contribution < -0.4 is 10.6 Å². The molecule has 0 saturated carbocycles. The molecule has 0 aliphatic rings. The lowest BCUT2D eigenvalue weighted by Gasteiger charge is -2.22. The Bertz CT molecular complexity index is 1180. The summed E-state index contributed by atoms with van der Waals surface area (Å²) >= 11 is 7.52. The van der Waals surface area contributed by atoms with Crippen LogP contribution in [0.4, 0.5) is 5.69 Å². The first-order chi connectivity index (χ1) is 16.2. The molecule has 1 aromatic heterocycles. The number of aromatic nitrogens is 3. The van der Waals surface area contributed by atoms with E-state index in [4.69, 9.17) is 11.6 Å². The minimum atomic E-state index is -0.366. The number of nitrogens with zero attached hydrogens (tertiary/aromatic N) is 3. The maximum atomic E-state index is 12.9. The monoisotopic (exact) mass is 499 g/mol. The predicted molar refractivity (Wildman–Crippen MR) is 137 cm³/mol. The van der Waals surface area contributed by atoms with Gasteiger partial charge in [-0.25, -0.2) is 0 Å². The maximum Gasteiger partial charge on any atom is 0.253 e. The SMILES string of the molecule is CCn1c(SCC(=O)Nc2ccc(C)cc2C)nnc1[C@@H](NC(=O)c1ccccc1Cl)C(C)C. The van der Waals surface area contributed by atoms with Crippen LogP contribution in [0.15, 0.2) is 47.6 Å². The molecule has 2 aromatic carbocycles. The quantitative estimate of drug-likeness (QED) is 0.383. The van der Waals surface area contributed by atoms with E-state index in [1.54, 1.807) is 24.3 Å². The summed E-state index contributed by atoms with van der Waals surface area (Å²) in [4.78, 5) is 25.4. The molecule has 9 heteroatoms. The van der Waals surface area contributed by atoms with Crippen LogP contribution in [0.25, 0.3) is 0 Å². The number of hydrogen-bond donors (Lipinski definition) is 2. The van der Waals surface area contributed by atoms with Crippen molar-refractivity contribution in [2.45, 2.75) is 52.4 Å². The first-order valence-electron chi connectivity index (χ1n) is 11.2. The van der Waals surface area contributed by atoms with Crippen LogP contribution in [-0.4, -0.2) is 32.3 Å². The number of thioether (sulfide) groups is 1. The largest absolute Gasteiger partial charge is 0.342 e. The van der Waals surface area contributed by atoms with Crippen molar-refractivity contribution in [2.75, 3.05) is 11.1 Å². The van der Waals surface area contributed by atoms with Gasteiger partial charge in [0.2, 0.25) is 5.91 Å². The highest BCUT2D eigenvalue weighted by Gasteiger charge is 2.26. The minimum absolute atomic E-state index is 0.0617. The van der Waals surface area contributed by atoms with Gasteiger partial charge in [-0.1, -0.05) is 67.0 Å². The van der Waals surface area contributed by atoms with Crippen molar-refractivity contribution < 1.29 is 9.59 Å². The van der Waals surface area contributed by atoms with Gasteiger partial charge in [0.15, 0.2) is 11.0 Å². The molecule has 1 atom stereocenters. The maximum absolute atomic E-state index is 12.9. The molecular formula is C25H30ClN5O2S. The Labute approximate surface area is 209 Å². The van der Waals surface area contributed by atoms with E-state index in [0.717, 1.165) is 16.8 Å². The van der Waals surface area contributed by atoms with E-state index in [0.29, 0.717) is 28.1 Å². The second-order valence-electron chi connectivity index (χ2n) is 8.42. The highest BCUT2D eigenvalue weighted by atomic mass is 35.5. The highest BCUT2D eigenvalue weighted by molar-refractivity contribution is 7.99. The van der Waals surface area contributed by atoms with E-state index in [2.05, 4.69) is 20.8 Å². The molecule has 3 aromatic rings. The third kappa shape index (κ3) is 6.18. The van der Waals surface area contributed by atoms with Crippen molar-refractivity contribution >= 4 is 40.9 Å². The van der Waals surface area contributed by atoms with Crippen LogP contribution in [0.3, 0.4) is 0 Å². The van der Waals surface area contributed by atoms with Gasteiger partial charge in [0.05, 0.1) is 22.4 Å². The summed E-state index contributed by atoms with van der Waals surface area (Å²) in [6.07, 6.45) is 0. The zero-order valence-electron chi connectivity index (χ0n) is 20.1. The number of amides is 2. The number of nitrogens with one attached hydrogen (secondary N) is 2. The van der Waals surface area contributed by atoms with Crippen molar-refractivity contribution in [3.05, 3.63) is 70.0 Å². The molecule has 0 saturated heterocycles. The number of anilines is 1. The number of rotatable bonds is 9. The smallest absolute Gasteiger partial charge is 0.253 e. The first kappa shape index (κ1) is 25.8. The Hall–Kier alpha value is -2.84. The summed E-state index contributed by atoms with van der Waals surface area (Å²) in [6, 6.07) is 12.5. The number of benzene rings is 2. The zero-order chi connectivity index (χ0) is 24.8. The molecule has 7 nitrogen and oxygen atoms in total. The molecule has 0 aliphatic heterocycles. The topological polar surface area (TPSA) is 88.9 Å². The lowest BCUT2D eigenvalue weighted by atomic mass is 10.0. The fourth-order valence-corrected chi connectivity index (χ4v) is 4.63. The molecule has 34 heavy (non-hydrogen) atoms. The second-order valence-corrected chi connectivity index (χ2v) is 9.76. The van der Waals surface area contributed by atoms with Crippen LogP contribution in [-0.2, 0) is 11.3 Å². The molecule has 0 fully saturated rings. The third-order valence-corrected chi connectivity index (χ3v) is 6.70. The summed E-state index contributed by atoms with van der Waals surface area (Å²) < 4.78 is 1.94.